The zero-order chi connectivity index (χ0) is 20.0. The number of carbonyl (C=O) groups is 2. The number of hydrogen-bond acceptors (Lipinski definition) is 3. The fourth-order valence-electron chi connectivity index (χ4n) is 2.52. The van der Waals surface area contributed by atoms with Gasteiger partial charge >= 0.3 is 0 Å². The van der Waals surface area contributed by atoms with Gasteiger partial charge in [-0.1, -0.05) is 58.9 Å². The minimum Gasteiger partial charge on any atom is -0.376 e. The van der Waals surface area contributed by atoms with Crippen molar-refractivity contribution in [2.45, 2.75) is 40.5 Å². The van der Waals surface area contributed by atoms with E-state index in [0.717, 1.165) is 16.9 Å². The minimum absolute atomic E-state index is 0.0531. The highest BCUT2D eigenvalue weighted by Gasteiger charge is 2.21. The Morgan fingerprint density at radius 3 is 2.26 bits per heavy atom. The van der Waals surface area contributed by atoms with Gasteiger partial charge in [-0.05, 0) is 35.7 Å². The van der Waals surface area contributed by atoms with Crippen LogP contribution >= 0.6 is 0 Å². The molecule has 0 aliphatic rings. The molecule has 2 amide bonds. The van der Waals surface area contributed by atoms with Crippen molar-refractivity contribution in [2.75, 3.05) is 22.5 Å². The number of amides is 2. The van der Waals surface area contributed by atoms with Gasteiger partial charge in [-0.3, -0.25) is 9.59 Å². The molecule has 5 nitrogen and oxygen atoms in total. The summed E-state index contributed by atoms with van der Waals surface area (Å²) in [5, 5.41) is 8.95. The smallest absolute Gasteiger partial charge is 0.243 e. The molecule has 0 fully saturated rings. The van der Waals surface area contributed by atoms with Crippen LogP contribution in [-0.4, -0.2) is 18.4 Å². The van der Waals surface area contributed by atoms with Crippen molar-refractivity contribution in [2.24, 2.45) is 5.41 Å². The summed E-state index contributed by atoms with van der Waals surface area (Å²) in [5.74, 6) is 0.160. The average molecular weight is 367 g/mol. The molecule has 0 heterocycles. The first-order valence-electron chi connectivity index (χ1n) is 9.21. The van der Waals surface area contributed by atoms with Crippen LogP contribution in [-0.2, 0) is 9.59 Å². The van der Waals surface area contributed by atoms with Gasteiger partial charge in [0, 0.05) is 22.5 Å². The third-order valence-corrected chi connectivity index (χ3v) is 4.11. The van der Waals surface area contributed by atoms with E-state index in [1.54, 1.807) is 0 Å². The van der Waals surface area contributed by atoms with Crippen LogP contribution in [0, 0.1) is 5.41 Å². The second-order valence-electron chi connectivity index (χ2n) is 7.93. The van der Waals surface area contributed by atoms with E-state index >= 15 is 0 Å². The summed E-state index contributed by atoms with van der Waals surface area (Å²) in [7, 11) is 0. The molecule has 0 atom stereocenters. The highest BCUT2D eigenvalue weighted by molar-refractivity contribution is 5.96. The molecule has 2 rings (SSSR count). The fraction of sp³-hybridized carbons (Fsp3) is 0.364. The number of para-hydroxylation sites is 1. The number of benzene rings is 2. The van der Waals surface area contributed by atoms with E-state index in [2.05, 4.69) is 29.8 Å². The van der Waals surface area contributed by atoms with E-state index < -0.39 is 5.41 Å². The molecule has 0 bridgehead atoms. The number of anilines is 3. The monoisotopic (exact) mass is 367 g/mol. The van der Waals surface area contributed by atoms with Crippen LogP contribution < -0.4 is 16.0 Å². The van der Waals surface area contributed by atoms with Crippen LogP contribution in [0.3, 0.4) is 0 Å². The Bertz CT molecular complexity index is 807. The molecular weight excluding hydrogens is 338 g/mol. The Balaban J connectivity index is 1.96. The van der Waals surface area contributed by atoms with Crippen LogP contribution in [0.1, 0.15) is 46.1 Å². The first-order chi connectivity index (χ1) is 12.7. The van der Waals surface area contributed by atoms with Gasteiger partial charge in [0.05, 0.1) is 6.54 Å². The zero-order valence-electron chi connectivity index (χ0n) is 16.7. The second-order valence-corrected chi connectivity index (χ2v) is 7.93. The summed E-state index contributed by atoms with van der Waals surface area (Å²) in [6.07, 6.45) is 0. The molecule has 3 N–H and O–H groups in total. The summed E-state index contributed by atoms with van der Waals surface area (Å²) >= 11 is 0. The van der Waals surface area contributed by atoms with Crippen molar-refractivity contribution in [3.8, 4) is 0 Å². The fourth-order valence-corrected chi connectivity index (χ4v) is 2.52. The SMILES string of the molecule is CC(C)c1ccccc1NC(=O)CNc1cccc(NC(=O)C(C)(C)C)c1. The van der Waals surface area contributed by atoms with E-state index in [1.807, 2.05) is 69.3 Å². The van der Waals surface area contributed by atoms with Gasteiger partial charge in [-0.15, -0.1) is 0 Å². The largest absolute Gasteiger partial charge is 0.376 e. The van der Waals surface area contributed by atoms with Gasteiger partial charge in [0.25, 0.3) is 0 Å². The molecule has 2 aromatic rings. The van der Waals surface area contributed by atoms with Gasteiger partial charge in [0.1, 0.15) is 0 Å². The predicted molar refractivity (Wildman–Crippen MR) is 112 cm³/mol. The van der Waals surface area contributed by atoms with E-state index in [9.17, 15) is 9.59 Å². The maximum atomic E-state index is 12.3. The molecule has 0 spiro atoms. The molecule has 0 aliphatic carbocycles. The predicted octanol–water partition coefficient (Wildman–Crippen LogP) is 4.85. The lowest BCUT2D eigenvalue weighted by atomic mass is 9.95. The third-order valence-electron chi connectivity index (χ3n) is 4.11. The average Bonchev–Trinajstić information content (AvgIpc) is 2.60. The summed E-state index contributed by atoms with van der Waals surface area (Å²) in [6, 6.07) is 15.2. The standard InChI is InChI=1S/C22H29N3O2/c1-15(2)18-11-6-7-12-19(18)25-20(26)14-23-16-9-8-10-17(13-16)24-21(27)22(3,4)5/h6-13,15,23H,14H2,1-5H3,(H,24,27)(H,25,26). The Hall–Kier alpha value is -2.82. The Kier molecular flexibility index (Phi) is 6.61. The summed E-state index contributed by atoms with van der Waals surface area (Å²) < 4.78 is 0. The van der Waals surface area contributed by atoms with E-state index in [0.29, 0.717) is 11.6 Å². The number of carbonyl (C=O) groups excluding carboxylic acids is 2. The first-order valence-corrected chi connectivity index (χ1v) is 9.21. The first kappa shape index (κ1) is 20.5. The lowest BCUT2D eigenvalue weighted by Crippen LogP contribution is -2.27. The van der Waals surface area contributed by atoms with Crippen LogP contribution in [0.15, 0.2) is 48.5 Å². The van der Waals surface area contributed by atoms with Crippen LogP contribution in [0.5, 0.6) is 0 Å². The molecule has 0 radical (unpaired) electrons. The van der Waals surface area contributed by atoms with Gasteiger partial charge in [0.15, 0.2) is 0 Å². The lowest BCUT2D eigenvalue weighted by Gasteiger charge is -2.18. The van der Waals surface area contributed by atoms with Crippen molar-refractivity contribution >= 4 is 28.9 Å². The highest BCUT2D eigenvalue weighted by Crippen LogP contribution is 2.24. The minimum atomic E-state index is -0.465. The van der Waals surface area contributed by atoms with E-state index in [4.69, 9.17) is 0 Å². The van der Waals surface area contributed by atoms with Crippen LogP contribution in [0.4, 0.5) is 17.1 Å². The van der Waals surface area contributed by atoms with Crippen molar-refractivity contribution in [3.05, 3.63) is 54.1 Å². The number of hydrogen-bond donors (Lipinski definition) is 3. The maximum Gasteiger partial charge on any atom is 0.243 e. The Labute approximate surface area is 161 Å². The molecular formula is C22H29N3O2. The van der Waals surface area contributed by atoms with Crippen molar-refractivity contribution in [3.63, 3.8) is 0 Å². The van der Waals surface area contributed by atoms with Crippen LogP contribution in [0.25, 0.3) is 0 Å². The molecule has 0 aromatic heterocycles. The topological polar surface area (TPSA) is 70.2 Å². The van der Waals surface area contributed by atoms with E-state index in [1.165, 1.54) is 0 Å². The second kappa shape index (κ2) is 8.71. The maximum absolute atomic E-state index is 12.3. The van der Waals surface area contributed by atoms with Crippen LogP contribution in [0.2, 0.25) is 0 Å². The quantitative estimate of drug-likeness (QED) is 0.684. The van der Waals surface area contributed by atoms with Gasteiger partial charge in [-0.25, -0.2) is 0 Å². The van der Waals surface area contributed by atoms with E-state index in [-0.39, 0.29) is 18.4 Å². The summed E-state index contributed by atoms with van der Waals surface area (Å²) in [5.41, 5.74) is 2.95. The number of rotatable bonds is 6. The zero-order valence-corrected chi connectivity index (χ0v) is 16.7. The van der Waals surface area contributed by atoms with Crippen molar-refractivity contribution in [1.29, 1.82) is 0 Å². The molecule has 0 unspecified atom stereocenters. The molecule has 2 aromatic carbocycles. The molecule has 5 heteroatoms. The lowest BCUT2D eigenvalue weighted by molar-refractivity contribution is -0.123. The highest BCUT2D eigenvalue weighted by atomic mass is 16.2. The van der Waals surface area contributed by atoms with Gasteiger partial charge in [-0.2, -0.15) is 0 Å². The molecule has 0 aliphatic heterocycles. The molecule has 0 saturated carbocycles. The Morgan fingerprint density at radius 1 is 0.926 bits per heavy atom. The molecule has 0 saturated heterocycles. The molecule has 144 valence electrons. The Morgan fingerprint density at radius 2 is 1.59 bits per heavy atom. The van der Waals surface area contributed by atoms with Gasteiger partial charge < -0.3 is 16.0 Å². The number of nitrogens with one attached hydrogen (secondary N) is 3. The van der Waals surface area contributed by atoms with Crippen molar-refractivity contribution in [1.82, 2.24) is 0 Å². The summed E-state index contributed by atoms with van der Waals surface area (Å²) in [6.45, 7) is 9.93. The normalized spacial score (nSPS) is 11.2. The van der Waals surface area contributed by atoms with Crippen molar-refractivity contribution < 1.29 is 9.59 Å². The third kappa shape index (κ3) is 6.13. The molecule has 27 heavy (non-hydrogen) atoms. The summed E-state index contributed by atoms with van der Waals surface area (Å²) in [4.78, 5) is 24.4. The van der Waals surface area contributed by atoms with Gasteiger partial charge in [0.2, 0.25) is 11.8 Å².